The second kappa shape index (κ2) is 6.66. The van der Waals surface area contributed by atoms with Crippen molar-refractivity contribution in [3.05, 3.63) is 17.7 Å². The van der Waals surface area contributed by atoms with Crippen LogP contribution < -0.4 is 14.8 Å². The maximum absolute atomic E-state index is 12.0. The van der Waals surface area contributed by atoms with Crippen LogP contribution in [0.1, 0.15) is 24.8 Å². The molecule has 0 radical (unpaired) electrons. The van der Waals surface area contributed by atoms with Gasteiger partial charge in [0.25, 0.3) is 0 Å². The van der Waals surface area contributed by atoms with E-state index in [-0.39, 0.29) is 0 Å². The highest BCUT2D eigenvalue weighted by atomic mass is 32.2. The van der Waals surface area contributed by atoms with Gasteiger partial charge in [0.2, 0.25) is 0 Å². The minimum atomic E-state index is -3.31. The van der Waals surface area contributed by atoms with E-state index in [1.165, 1.54) is 26.2 Å². The molecular weight excluding hydrogens is 290 g/mol. The summed E-state index contributed by atoms with van der Waals surface area (Å²) in [6.45, 7) is 0.992. The highest BCUT2D eigenvalue weighted by Gasteiger charge is 2.22. The van der Waals surface area contributed by atoms with Crippen LogP contribution in [0.4, 0.5) is 0 Å². The third kappa shape index (κ3) is 3.89. The summed E-state index contributed by atoms with van der Waals surface area (Å²) in [6.07, 6.45) is 5.34. The van der Waals surface area contributed by atoms with Crippen molar-refractivity contribution in [1.29, 1.82) is 0 Å². The molecular formula is C15H23NO4S. The second-order valence-corrected chi connectivity index (χ2v) is 7.42. The first-order chi connectivity index (χ1) is 9.95. The van der Waals surface area contributed by atoms with Crippen LogP contribution in [-0.4, -0.2) is 41.5 Å². The van der Waals surface area contributed by atoms with E-state index in [0.717, 1.165) is 18.5 Å². The normalized spacial score (nSPS) is 19.3. The first-order valence-electron chi connectivity index (χ1n) is 7.14. The average Bonchev–Trinajstić information content (AvgIpc) is 2.46. The lowest BCUT2D eigenvalue weighted by molar-refractivity contribution is 0.352. The van der Waals surface area contributed by atoms with Crippen molar-refractivity contribution < 1.29 is 17.9 Å². The number of sulfone groups is 1. The maximum atomic E-state index is 12.0. The lowest BCUT2D eigenvalue weighted by Gasteiger charge is -2.24. The maximum Gasteiger partial charge on any atom is 0.175 e. The number of hydrogen-bond acceptors (Lipinski definition) is 5. The fraction of sp³-hybridized carbons (Fsp3) is 0.600. The van der Waals surface area contributed by atoms with Crippen LogP contribution in [0.25, 0.3) is 0 Å². The Balaban J connectivity index is 2.41. The van der Waals surface area contributed by atoms with Crippen molar-refractivity contribution in [2.24, 2.45) is 0 Å². The van der Waals surface area contributed by atoms with Crippen molar-refractivity contribution in [3.63, 3.8) is 0 Å². The predicted octanol–water partition coefficient (Wildman–Crippen LogP) is 1.79. The first kappa shape index (κ1) is 16.1. The van der Waals surface area contributed by atoms with Crippen molar-refractivity contribution in [2.45, 2.75) is 36.6 Å². The Morgan fingerprint density at radius 1 is 1.19 bits per heavy atom. The van der Waals surface area contributed by atoms with Crippen molar-refractivity contribution in [1.82, 2.24) is 5.32 Å². The Hall–Kier alpha value is -1.27. The van der Waals surface area contributed by atoms with Gasteiger partial charge in [0.1, 0.15) is 0 Å². The Morgan fingerprint density at radius 3 is 2.38 bits per heavy atom. The van der Waals surface area contributed by atoms with Crippen LogP contribution in [-0.2, 0) is 16.3 Å². The molecule has 1 heterocycles. The third-order valence-corrected chi connectivity index (χ3v) is 5.02. The van der Waals surface area contributed by atoms with Gasteiger partial charge >= 0.3 is 0 Å². The number of hydrogen-bond donors (Lipinski definition) is 1. The molecule has 1 saturated heterocycles. The van der Waals surface area contributed by atoms with Gasteiger partial charge in [-0.25, -0.2) is 8.42 Å². The first-order valence-corrected chi connectivity index (χ1v) is 9.03. The minimum Gasteiger partial charge on any atom is -0.493 e. The van der Waals surface area contributed by atoms with E-state index < -0.39 is 9.84 Å². The molecule has 0 aromatic heterocycles. The molecule has 1 N–H and O–H groups in total. The summed E-state index contributed by atoms with van der Waals surface area (Å²) in [5.74, 6) is 1.01. The number of benzene rings is 1. The highest BCUT2D eigenvalue weighted by molar-refractivity contribution is 7.90. The van der Waals surface area contributed by atoms with E-state index in [0.29, 0.717) is 28.9 Å². The van der Waals surface area contributed by atoms with Gasteiger partial charge in [0.15, 0.2) is 21.3 Å². The largest absolute Gasteiger partial charge is 0.493 e. The van der Waals surface area contributed by atoms with Gasteiger partial charge < -0.3 is 14.8 Å². The quantitative estimate of drug-likeness (QED) is 0.898. The Labute approximate surface area is 126 Å². The van der Waals surface area contributed by atoms with E-state index in [4.69, 9.17) is 9.47 Å². The van der Waals surface area contributed by atoms with Crippen LogP contribution in [0, 0.1) is 0 Å². The van der Waals surface area contributed by atoms with Crippen LogP contribution in [0.3, 0.4) is 0 Å². The van der Waals surface area contributed by atoms with Crippen LogP contribution >= 0.6 is 0 Å². The van der Waals surface area contributed by atoms with Gasteiger partial charge in [0.05, 0.1) is 19.1 Å². The smallest absolute Gasteiger partial charge is 0.175 e. The van der Waals surface area contributed by atoms with Crippen LogP contribution in [0.5, 0.6) is 11.5 Å². The lowest BCUT2D eigenvalue weighted by Crippen LogP contribution is -2.35. The monoisotopic (exact) mass is 313 g/mol. The summed E-state index contributed by atoms with van der Waals surface area (Å²) >= 11 is 0. The topological polar surface area (TPSA) is 64.6 Å². The summed E-state index contributed by atoms with van der Waals surface area (Å²) in [5, 5.41) is 3.45. The number of rotatable bonds is 5. The summed E-state index contributed by atoms with van der Waals surface area (Å²) in [6, 6.07) is 3.66. The van der Waals surface area contributed by atoms with E-state index >= 15 is 0 Å². The summed E-state index contributed by atoms with van der Waals surface area (Å²) < 4.78 is 34.6. The highest BCUT2D eigenvalue weighted by Crippen LogP contribution is 2.33. The molecule has 0 bridgehead atoms. The van der Waals surface area contributed by atoms with Crippen molar-refractivity contribution in [2.75, 3.05) is 27.0 Å². The summed E-state index contributed by atoms with van der Waals surface area (Å²) in [4.78, 5) is 0.326. The van der Waals surface area contributed by atoms with Crippen molar-refractivity contribution in [3.8, 4) is 11.5 Å². The van der Waals surface area contributed by atoms with Crippen LogP contribution in [0.15, 0.2) is 17.0 Å². The van der Waals surface area contributed by atoms with E-state index in [9.17, 15) is 8.42 Å². The Bertz CT molecular complexity index is 592. The van der Waals surface area contributed by atoms with Gasteiger partial charge in [-0.1, -0.05) is 6.42 Å². The molecule has 6 heteroatoms. The van der Waals surface area contributed by atoms with E-state index in [2.05, 4.69) is 5.32 Å². The molecule has 0 aliphatic carbocycles. The second-order valence-electron chi connectivity index (χ2n) is 5.44. The molecule has 1 aliphatic rings. The molecule has 21 heavy (non-hydrogen) atoms. The molecule has 5 nitrogen and oxygen atoms in total. The van der Waals surface area contributed by atoms with Gasteiger partial charge in [-0.2, -0.15) is 0 Å². The molecule has 1 aromatic rings. The molecule has 1 aliphatic heterocycles. The van der Waals surface area contributed by atoms with Gasteiger partial charge in [-0.3, -0.25) is 0 Å². The molecule has 0 spiro atoms. The SMILES string of the molecule is COc1cc(CC2CCCCN2)c(S(C)(=O)=O)cc1OC. The van der Waals surface area contributed by atoms with Crippen molar-refractivity contribution >= 4 is 9.84 Å². The zero-order valence-electron chi connectivity index (χ0n) is 12.8. The minimum absolute atomic E-state index is 0.317. The Kier molecular flexibility index (Phi) is 5.11. The zero-order valence-corrected chi connectivity index (χ0v) is 13.6. The fourth-order valence-corrected chi connectivity index (χ4v) is 3.71. The van der Waals surface area contributed by atoms with Crippen LogP contribution in [0.2, 0.25) is 0 Å². The molecule has 1 unspecified atom stereocenters. The number of nitrogens with one attached hydrogen (secondary N) is 1. The Morgan fingerprint density at radius 2 is 1.86 bits per heavy atom. The fourth-order valence-electron chi connectivity index (χ4n) is 2.77. The number of piperidine rings is 1. The molecule has 1 aromatic carbocycles. The van der Waals surface area contributed by atoms with Gasteiger partial charge in [-0.15, -0.1) is 0 Å². The molecule has 0 saturated carbocycles. The molecule has 0 amide bonds. The summed E-state index contributed by atoms with van der Waals surface area (Å²) in [7, 11) is -0.243. The molecule has 118 valence electrons. The predicted molar refractivity (Wildman–Crippen MR) is 82.0 cm³/mol. The number of methoxy groups -OCH3 is 2. The van der Waals surface area contributed by atoms with Gasteiger partial charge in [-0.05, 0) is 37.4 Å². The van der Waals surface area contributed by atoms with E-state index in [1.54, 1.807) is 19.2 Å². The molecule has 1 atom stereocenters. The summed E-state index contributed by atoms with van der Waals surface area (Å²) in [5.41, 5.74) is 0.787. The third-order valence-electron chi connectivity index (χ3n) is 3.84. The molecule has 1 fully saturated rings. The standard InChI is InChI=1S/C15H23NO4S/c1-19-13-9-11(8-12-6-4-5-7-16-12)15(21(3,17)18)10-14(13)20-2/h9-10,12,16H,4-8H2,1-3H3. The average molecular weight is 313 g/mol. The van der Waals surface area contributed by atoms with E-state index in [1.807, 2.05) is 0 Å². The zero-order chi connectivity index (χ0) is 15.5. The molecule has 2 rings (SSSR count). The lowest BCUT2D eigenvalue weighted by atomic mass is 9.97. The number of ether oxygens (including phenoxy) is 2. The van der Waals surface area contributed by atoms with Gasteiger partial charge in [0, 0.05) is 18.4 Å².